The first kappa shape index (κ1) is 8.74. The second kappa shape index (κ2) is 3.14. The summed E-state index contributed by atoms with van der Waals surface area (Å²) in [5, 5.41) is 11.9. The van der Waals surface area contributed by atoms with Gasteiger partial charge < -0.3 is 9.61 Å². The fraction of sp³-hybridized carbons (Fsp3) is 0.200. The number of fused-ring (bicyclic) bond motifs is 1. The Hall–Kier alpha value is -1.84. The van der Waals surface area contributed by atoms with Crippen LogP contribution in [0.4, 0.5) is 0 Å². The van der Waals surface area contributed by atoms with E-state index >= 15 is 0 Å². The van der Waals surface area contributed by atoms with Crippen LogP contribution >= 0.6 is 0 Å². The maximum atomic E-state index is 8.70. The van der Waals surface area contributed by atoms with E-state index in [1.807, 2.05) is 35.7 Å². The fourth-order valence-electron chi connectivity index (χ4n) is 1.50. The molecule has 0 amide bonds. The van der Waals surface area contributed by atoms with Gasteiger partial charge in [0.05, 0.1) is 5.52 Å². The van der Waals surface area contributed by atoms with Gasteiger partial charge in [-0.05, 0) is 26.0 Å². The largest absolute Gasteiger partial charge is 0.411 e. The molecule has 0 fully saturated rings. The van der Waals surface area contributed by atoms with Gasteiger partial charge in [0.1, 0.15) is 17.2 Å². The molecule has 0 aliphatic rings. The van der Waals surface area contributed by atoms with Crippen molar-refractivity contribution in [2.45, 2.75) is 13.8 Å². The van der Waals surface area contributed by atoms with E-state index in [2.05, 4.69) is 10.1 Å². The molecule has 0 spiro atoms. The molecule has 0 aliphatic carbocycles. The van der Waals surface area contributed by atoms with E-state index in [4.69, 9.17) is 5.21 Å². The monoisotopic (exact) mass is 189 g/mol. The topological polar surface area (TPSA) is 49.9 Å². The zero-order chi connectivity index (χ0) is 10.1. The third-order valence-electron chi connectivity index (χ3n) is 2.22. The second-order valence-electron chi connectivity index (χ2n) is 3.15. The highest BCUT2D eigenvalue weighted by Crippen LogP contribution is 2.13. The number of pyridine rings is 1. The van der Waals surface area contributed by atoms with Gasteiger partial charge in [-0.15, -0.1) is 0 Å². The average Bonchev–Trinajstić information content (AvgIpc) is 2.56. The van der Waals surface area contributed by atoms with E-state index in [-0.39, 0.29) is 0 Å². The molecule has 2 aromatic heterocycles. The van der Waals surface area contributed by atoms with Crippen LogP contribution in [0.5, 0.6) is 0 Å². The lowest BCUT2D eigenvalue weighted by molar-refractivity contribution is 0.319. The normalized spacial score (nSPS) is 12.3. The van der Waals surface area contributed by atoms with Crippen LogP contribution in [0.15, 0.2) is 29.6 Å². The van der Waals surface area contributed by atoms with Crippen molar-refractivity contribution < 1.29 is 5.21 Å². The quantitative estimate of drug-likeness (QED) is 0.422. The van der Waals surface area contributed by atoms with E-state index in [9.17, 15) is 0 Å². The first-order chi connectivity index (χ1) is 6.74. The highest BCUT2D eigenvalue weighted by Gasteiger charge is 2.09. The second-order valence-corrected chi connectivity index (χ2v) is 3.15. The summed E-state index contributed by atoms with van der Waals surface area (Å²) in [7, 11) is 0. The molecule has 2 rings (SSSR count). The molecule has 2 heterocycles. The fourth-order valence-corrected chi connectivity index (χ4v) is 1.50. The van der Waals surface area contributed by atoms with Crippen LogP contribution in [0.2, 0.25) is 0 Å². The number of hydrogen-bond acceptors (Lipinski definition) is 3. The molecular formula is C10H11N3O. The Morgan fingerprint density at radius 3 is 3.00 bits per heavy atom. The molecule has 0 aromatic carbocycles. The third-order valence-corrected chi connectivity index (χ3v) is 2.22. The third kappa shape index (κ3) is 1.16. The molecule has 4 nitrogen and oxygen atoms in total. The molecule has 72 valence electrons. The van der Waals surface area contributed by atoms with Crippen LogP contribution < -0.4 is 0 Å². The van der Waals surface area contributed by atoms with Gasteiger partial charge in [-0.2, -0.15) is 0 Å². The lowest BCUT2D eigenvalue weighted by atomic mass is 10.2. The SMILES string of the molecule is C/C(=N/O)c1nc(C)n2ccccc12. The number of hydrogen-bond donors (Lipinski definition) is 1. The highest BCUT2D eigenvalue weighted by molar-refractivity contribution is 6.02. The Labute approximate surface area is 81.5 Å². The number of imidazole rings is 1. The van der Waals surface area contributed by atoms with Crippen LogP contribution in [-0.2, 0) is 0 Å². The van der Waals surface area contributed by atoms with E-state index < -0.39 is 0 Å². The van der Waals surface area contributed by atoms with Gasteiger partial charge in [0, 0.05) is 6.20 Å². The van der Waals surface area contributed by atoms with E-state index in [1.54, 1.807) is 6.92 Å². The van der Waals surface area contributed by atoms with Crippen molar-refractivity contribution in [2.75, 3.05) is 0 Å². The Morgan fingerprint density at radius 1 is 1.50 bits per heavy atom. The van der Waals surface area contributed by atoms with E-state index in [0.29, 0.717) is 5.71 Å². The van der Waals surface area contributed by atoms with Gasteiger partial charge in [0.25, 0.3) is 0 Å². The Morgan fingerprint density at radius 2 is 2.29 bits per heavy atom. The van der Waals surface area contributed by atoms with Gasteiger partial charge >= 0.3 is 0 Å². The van der Waals surface area contributed by atoms with Crippen LogP contribution in [0.25, 0.3) is 5.52 Å². The summed E-state index contributed by atoms with van der Waals surface area (Å²) >= 11 is 0. The van der Waals surface area contributed by atoms with Gasteiger partial charge in [0.2, 0.25) is 0 Å². The predicted octanol–water partition coefficient (Wildman–Crippen LogP) is 1.84. The summed E-state index contributed by atoms with van der Waals surface area (Å²) in [6.45, 7) is 3.65. The zero-order valence-electron chi connectivity index (χ0n) is 8.10. The van der Waals surface area contributed by atoms with Crippen molar-refractivity contribution in [3.8, 4) is 0 Å². The average molecular weight is 189 g/mol. The molecule has 0 saturated heterocycles. The minimum absolute atomic E-state index is 0.529. The summed E-state index contributed by atoms with van der Waals surface area (Å²) < 4.78 is 1.96. The van der Waals surface area contributed by atoms with Gasteiger partial charge in [-0.25, -0.2) is 4.98 Å². The summed E-state index contributed by atoms with van der Waals surface area (Å²) in [5.74, 6) is 0.888. The molecular weight excluding hydrogens is 178 g/mol. The number of aromatic nitrogens is 2. The molecule has 0 radical (unpaired) electrons. The lowest BCUT2D eigenvalue weighted by Crippen LogP contribution is -1.95. The van der Waals surface area contributed by atoms with Crippen LogP contribution in [0.1, 0.15) is 18.4 Å². The van der Waals surface area contributed by atoms with Crippen molar-refractivity contribution in [3.63, 3.8) is 0 Å². The number of aryl methyl sites for hydroxylation is 1. The number of rotatable bonds is 1. The van der Waals surface area contributed by atoms with Gasteiger partial charge in [-0.3, -0.25) is 0 Å². The van der Waals surface area contributed by atoms with Gasteiger partial charge in [-0.1, -0.05) is 11.2 Å². The van der Waals surface area contributed by atoms with E-state index in [1.165, 1.54) is 0 Å². The van der Waals surface area contributed by atoms with Crippen molar-refractivity contribution in [2.24, 2.45) is 5.16 Å². The standard InChI is InChI=1S/C10H11N3O/c1-7(12-14)10-9-5-3-4-6-13(9)8(2)11-10/h3-6,14H,1-2H3/b12-7-. The molecule has 0 atom stereocenters. The minimum atomic E-state index is 0.529. The zero-order valence-corrected chi connectivity index (χ0v) is 8.10. The van der Waals surface area contributed by atoms with Crippen LogP contribution in [-0.4, -0.2) is 20.3 Å². The molecule has 1 N–H and O–H groups in total. The highest BCUT2D eigenvalue weighted by atomic mass is 16.4. The summed E-state index contributed by atoms with van der Waals surface area (Å²) in [6.07, 6.45) is 1.94. The maximum absolute atomic E-state index is 8.70. The first-order valence-electron chi connectivity index (χ1n) is 4.36. The molecule has 2 aromatic rings. The summed E-state index contributed by atoms with van der Waals surface area (Å²) in [4.78, 5) is 4.33. The summed E-state index contributed by atoms with van der Waals surface area (Å²) in [6, 6.07) is 5.82. The van der Waals surface area contributed by atoms with Crippen LogP contribution in [0, 0.1) is 6.92 Å². The molecule has 0 unspecified atom stereocenters. The van der Waals surface area contributed by atoms with Crippen molar-refractivity contribution in [3.05, 3.63) is 35.9 Å². The smallest absolute Gasteiger partial charge is 0.114 e. The number of oxime groups is 1. The predicted molar refractivity (Wildman–Crippen MR) is 53.9 cm³/mol. The van der Waals surface area contributed by atoms with E-state index in [0.717, 1.165) is 17.0 Å². The van der Waals surface area contributed by atoms with Crippen molar-refractivity contribution in [1.29, 1.82) is 0 Å². The molecule has 0 bridgehead atoms. The van der Waals surface area contributed by atoms with Crippen molar-refractivity contribution >= 4 is 11.2 Å². The molecule has 0 saturated carbocycles. The minimum Gasteiger partial charge on any atom is -0.411 e. The first-order valence-corrected chi connectivity index (χ1v) is 4.36. The molecule has 4 heteroatoms. The Balaban J connectivity index is 2.79. The maximum Gasteiger partial charge on any atom is 0.114 e. The van der Waals surface area contributed by atoms with Crippen LogP contribution in [0.3, 0.4) is 0 Å². The Bertz CT molecular complexity index is 499. The van der Waals surface area contributed by atoms with Gasteiger partial charge in [0.15, 0.2) is 0 Å². The molecule has 0 aliphatic heterocycles. The van der Waals surface area contributed by atoms with Crippen molar-refractivity contribution in [1.82, 2.24) is 9.38 Å². The summed E-state index contributed by atoms with van der Waals surface area (Å²) in [5.41, 5.74) is 2.22. The Kier molecular flexibility index (Phi) is 1.96. The molecule has 14 heavy (non-hydrogen) atoms. The lowest BCUT2D eigenvalue weighted by Gasteiger charge is -1.95. The number of nitrogens with zero attached hydrogens (tertiary/aromatic N) is 3.